The SMILES string of the molecule is Cl.Cl.NC(C(=O)NCC(c1cccc(Cl)c1)N1CCCC1)C1CCOCC1. The summed E-state index contributed by atoms with van der Waals surface area (Å²) in [6.07, 6.45) is 4.12. The number of rotatable bonds is 6. The molecule has 2 aliphatic rings. The normalized spacial score (nSPS) is 20.2. The van der Waals surface area contributed by atoms with Gasteiger partial charge in [0.05, 0.1) is 12.1 Å². The highest BCUT2D eigenvalue weighted by Crippen LogP contribution is 2.26. The lowest BCUT2D eigenvalue weighted by molar-refractivity contribution is -0.124. The van der Waals surface area contributed by atoms with Gasteiger partial charge in [0.15, 0.2) is 0 Å². The zero-order valence-corrected chi connectivity index (χ0v) is 17.8. The summed E-state index contributed by atoms with van der Waals surface area (Å²) in [5.41, 5.74) is 7.34. The number of hydrogen-bond acceptors (Lipinski definition) is 4. The van der Waals surface area contributed by atoms with E-state index in [1.54, 1.807) is 0 Å². The van der Waals surface area contributed by atoms with E-state index in [0.29, 0.717) is 19.8 Å². The van der Waals surface area contributed by atoms with Crippen LogP contribution in [0.2, 0.25) is 5.02 Å². The Balaban J connectivity index is 0.00000182. The average molecular weight is 439 g/mol. The molecule has 0 spiro atoms. The van der Waals surface area contributed by atoms with E-state index in [0.717, 1.165) is 36.5 Å². The molecule has 0 radical (unpaired) electrons. The zero-order chi connectivity index (χ0) is 17.6. The Kier molecular flexibility index (Phi) is 11.0. The van der Waals surface area contributed by atoms with Crippen LogP contribution in [0, 0.1) is 5.92 Å². The highest BCUT2D eigenvalue weighted by atomic mass is 35.5. The lowest BCUT2D eigenvalue weighted by atomic mass is 9.92. The van der Waals surface area contributed by atoms with E-state index in [9.17, 15) is 4.79 Å². The molecule has 3 rings (SSSR count). The van der Waals surface area contributed by atoms with Crippen LogP contribution in [-0.2, 0) is 9.53 Å². The zero-order valence-electron chi connectivity index (χ0n) is 15.4. The van der Waals surface area contributed by atoms with Gasteiger partial charge in [0.1, 0.15) is 0 Å². The van der Waals surface area contributed by atoms with Gasteiger partial charge in [-0.25, -0.2) is 0 Å². The molecule has 154 valence electrons. The summed E-state index contributed by atoms with van der Waals surface area (Å²) in [7, 11) is 0. The van der Waals surface area contributed by atoms with Gasteiger partial charge in [-0.05, 0) is 62.4 Å². The number of amides is 1. The third kappa shape index (κ3) is 6.77. The maximum absolute atomic E-state index is 12.5. The van der Waals surface area contributed by atoms with Crippen LogP contribution in [0.3, 0.4) is 0 Å². The number of nitrogens with one attached hydrogen (secondary N) is 1. The first-order chi connectivity index (χ1) is 12.1. The van der Waals surface area contributed by atoms with Gasteiger partial charge in [-0.2, -0.15) is 0 Å². The summed E-state index contributed by atoms with van der Waals surface area (Å²) in [4.78, 5) is 15.0. The van der Waals surface area contributed by atoms with Crippen LogP contribution in [-0.4, -0.2) is 49.7 Å². The van der Waals surface area contributed by atoms with E-state index in [1.165, 1.54) is 12.8 Å². The molecule has 2 atom stereocenters. The van der Waals surface area contributed by atoms with Gasteiger partial charge in [-0.1, -0.05) is 23.7 Å². The molecule has 2 fully saturated rings. The van der Waals surface area contributed by atoms with Gasteiger partial charge in [0, 0.05) is 24.8 Å². The summed E-state index contributed by atoms with van der Waals surface area (Å²) >= 11 is 6.17. The fourth-order valence-electron chi connectivity index (χ4n) is 3.83. The van der Waals surface area contributed by atoms with E-state index in [2.05, 4.69) is 16.3 Å². The highest BCUT2D eigenvalue weighted by Gasteiger charge is 2.28. The minimum atomic E-state index is -0.456. The van der Waals surface area contributed by atoms with Crippen molar-refractivity contribution >= 4 is 42.3 Å². The summed E-state index contributed by atoms with van der Waals surface area (Å²) in [5, 5.41) is 3.81. The van der Waals surface area contributed by atoms with Crippen molar-refractivity contribution in [3.05, 3.63) is 34.9 Å². The van der Waals surface area contributed by atoms with Crippen LogP contribution in [0.5, 0.6) is 0 Å². The van der Waals surface area contributed by atoms with Gasteiger partial charge in [0.2, 0.25) is 5.91 Å². The molecule has 2 aliphatic heterocycles. The van der Waals surface area contributed by atoms with Crippen LogP contribution < -0.4 is 11.1 Å². The molecule has 2 heterocycles. The van der Waals surface area contributed by atoms with Crippen molar-refractivity contribution in [3.8, 4) is 0 Å². The number of carbonyl (C=O) groups excluding carboxylic acids is 1. The van der Waals surface area contributed by atoms with Crippen molar-refractivity contribution in [2.24, 2.45) is 11.7 Å². The van der Waals surface area contributed by atoms with Gasteiger partial charge in [-0.3, -0.25) is 9.69 Å². The topological polar surface area (TPSA) is 67.6 Å². The van der Waals surface area contributed by atoms with Gasteiger partial charge in [-0.15, -0.1) is 24.8 Å². The van der Waals surface area contributed by atoms with E-state index in [4.69, 9.17) is 22.1 Å². The molecule has 8 heteroatoms. The number of nitrogens with zero attached hydrogens (tertiary/aromatic N) is 1. The van der Waals surface area contributed by atoms with Crippen LogP contribution in [0.25, 0.3) is 0 Å². The standard InChI is InChI=1S/C19H28ClN3O2.2ClH/c20-16-5-3-4-15(12-16)17(23-8-1-2-9-23)13-22-19(24)18(21)14-6-10-25-11-7-14;;/h3-5,12,14,17-18H,1-2,6-11,13,21H2,(H,22,24);2*1H. The fourth-order valence-corrected chi connectivity index (χ4v) is 4.03. The van der Waals surface area contributed by atoms with E-state index in [-0.39, 0.29) is 42.7 Å². The second-order valence-corrected chi connectivity index (χ2v) is 7.47. The van der Waals surface area contributed by atoms with Crippen molar-refractivity contribution in [2.75, 3.05) is 32.8 Å². The summed E-state index contributed by atoms with van der Waals surface area (Å²) in [5.74, 6) is 0.156. The molecule has 27 heavy (non-hydrogen) atoms. The van der Waals surface area contributed by atoms with Gasteiger partial charge < -0.3 is 15.8 Å². The predicted molar refractivity (Wildman–Crippen MR) is 114 cm³/mol. The minimum absolute atomic E-state index is 0. The van der Waals surface area contributed by atoms with E-state index in [1.807, 2.05) is 18.2 Å². The number of nitrogens with two attached hydrogens (primary N) is 1. The van der Waals surface area contributed by atoms with Crippen LogP contribution in [0.15, 0.2) is 24.3 Å². The molecular weight excluding hydrogens is 409 g/mol. The average Bonchev–Trinajstić information content (AvgIpc) is 3.16. The molecule has 5 nitrogen and oxygen atoms in total. The quantitative estimate of drug-likeness (QED) is 0.716. The Morgan fingerprint density at radius 2 is 1.93 bits per heavy atom. The second kappa shape index (κ2) is 12.1. The monoisotopic (exact) mass is 437 g/mol. The molecular formula is C19H30Cl3N3O2. The molecule has 0 aromatic heterocycles. The Bertz CT molecular complexity index is 579. The highest BCUT2D eigenvalue weighted by molar-refractivity contribution is 6.30. The van der Waals surface area contributed by atoms with Crippen molar-refractivity contribution < 1.29 is 9.53 Å². The van der Waals surface area contributed by atoms with Crippen molar-refractivity contribution in [3.63, 3.8) is 0 Å². The summed E-state index contributed by atoms with van der Waals surface area (Å²) in [6.45, 7) is 4.07. The van der Waals surface area contributed by atoms with Crippen LogP contribution >= 0.6 is 36.4 Å². The molecule has 1 aromatic rings. The summed E-state index contributed by atoms with van der Waals surface area (Å²) < 4.78 is 5.36. The van der Waals surface area contributed by atoms with E-state index >= 15 is 0 Å². The minimum Gasteiger partial charge on any atom is -0.381 e. The fraction of sp³-hybridized carbons (Fsp3) is 0.632. The van der Waals surface area contributed by atoms with Crippen molar-refractivity contribution in [1.29, 1.82) is 0 Å². The van der Waals surface area contributed by atoms with Gasteiger partial charge in [0.25, 0.3) is 0 Å². The van der Waals surface area contributed by atoms with Crippen LogP contribution in [0.1, 0.15) is 37.3 Å². The third-order valence-corrected chi connectivity index (χ3v) is 5.60. The largest absolute Gasteiger partial charge is 0.381 e. The third-order valence-electron chi connectivity index (χ3n) is 5.36. The first-order valence-corrected chi connectivity index (χ1v) is 9.63. The first-order valence-electron chi connectivity index (χ1n) is 9.25. The molecule has 1 aromatic carbocycles. The predicted octanol–water partition coefficient (Wildman–Crippen LogP) is 3.19. The lowest BCUT2D eigenvalue weighted by Gasteiger charge is -2.30. The maximum Gasteiger partial charge on any atom is 0.237 e. The molecule has 3 N–H and O–H groups in total. The lowest BCUT2D eigenvalue weighted by Crippen LogP contribution is -2.49. The molecule has 0 saturated carbocycles. The number of likely N-dealkylation sites (tertiary alicyclic amines) is 1. The Labute approximate surface area is 179 Å². The molecule has 2 unspecified atom stereocenters. The molecule has 0 bridgehead atoms. The van der Waals surface area contributed by atoms with E-state index < -0.39 is 6.04 Å². The number of halogens is 3. The first kappa shape index (κ1) is 24.5. The molecule has 1 amide bonds. The Morgan fingerprint density at radius 1 is 1.26 bits per heavy atom. The molecule has 0 aliphatic carbocycles. The number of hydrogen-bond donors (Lipinski definition) is 2. The molecule has 2 saturated heterocycles. The van der Waals surface area contributed by atoms with Gasteiger partial charge >= 0.3 is 0 Å². The number of ether oxygens (including phenoxy) is 1. The summed E-state index contributed by atoms with van der Waals surface area (Å²) in [6, 6.07) is 7.62. The van der Waals surface area contributed by atoms with Crippen molar-refractivity contribution in [2.45, 2.75) is 37.8 Å². The second-order valence-electron chi connectivity index (χ2n) is 7.03. The Hall–Kier alpha value is -0.560. The van der Waals surface area contributed by atoms with Crippen molar-refractivity contribution in [1.82, 2.24) is 10.2 Å². The maximum atomic E-state index is 12.5. The smallest absolute Gasteiger partial charge is 0.237 e. The van der Waals surface area contributed by atoms with Crippen LogP contribution in [0.4, 0.5) is 0 Å². The Morgan fingerprint density at radius 3 is 2.56 bits per heavy atom. The number of benzene rings is 1. The number of carbonyl (C=O) groups is 1.